The van der Waals surface area contributed by atoms with Crippen LogP contribution >= 0.6 is 15.9 Å². The zero-order valence-electron chi connectivity index (χ0n) is 12.1. The number of benzene rings is 1. The Kier molecular flexibility index (Phi) is 5.22. The second-order valence-electron chi connectivity index (χ2n) is 4.44. The van der Waals surface area contributed by atoms with Crippen LogP contribution in [0.3, 0.4) is 0 Å². The van der Waals surface area contributed by atoms with Crippen LogP contribution in [0.4, 0.5) is 11.5 Å². The molecule has 1 aromatic carbocycles. The van der Waals surface area contributed by atoms with Gasteiger partial charge in [-0.1, -0.05) is 6.07 Å². The summed E-state index contributed by atoms with van der Waals surface area (Å²) >= 11 is 3.15. The highest BCUT2D eigenvalue weighted by Crippen LogP contribution is 2.23. The first-order valence-corrected chi connectivity index (χ1v) is 8.82. The lowest BCUT2D eigenvalue weighted by Crippen LogP contribution is -2.16. The van der Waals surface area contributed by atoms with E-state index < -0.39 is 16.0 Å². The van der Waals surface area contributed by atoms with Crippen LogP contribution in [0.25, 0.3) is 0 Å². The Morgan fingerprint density at radius 1 is 1.39 bits per heavy atom. The van der Waals surface area contributed by atoms with E-state index in [1.807, 2.05) is 0 Å². The predicted molar refractivity (Wildman–Crippen MR) is 89.6 cm³/mol. The number of hydrogen-bond donors (Lipinski definition) is 2. The summed E-state index contributed by atoms with van der Waals surface area (Å²) < 4.78 is 32.5. The average Bonchev–Trinajstić information content (AvgIpc) is 2.49. The van der Waals surface area contributed by atoms with E-state index in [1.54, 1.807) is 13.0 Å². The molecule has 0 unspecified atom stereocenters. The van der Waals surface area contributed by atoms with Gasteiger partial charge in [-0.15, -0.1) is 0 Å². The predicted octanol–water partition coefficient (Wildman–Crippen LogP) is 2.40. The highest BCUT2D eigenvalue weighted by molar-refractivity contribution is 9.10. The molecule has 7 nitrogen and oxygen atoms in total. The Bertz CT molecular complexity index is 840. The van der Waals surface area contributed by atoms with E-state index in [4.69, 9.17) is 10.5 Å². The molecular formula is C14H14BrN3O4S. The van der Waals surface area contributed by atoms with E-state index >= 15 is 0 Å². The van der Waals surface area contributed by atoms with Gasteiger partial charge in [0.05, 0.1) is 12.2 Å². The Hall–Kier alpha value is -2.13. The molecule has 0 saturated carbocycles. The number of halogens is 1. The second kappa shape index (κ2) is 6.97. The molecule has 0 bridgehead atoms. The number of esters is 1. The SMILES string of the molecule is CCOC(=O)c1cccc(NS(=O)(=O)c2cc(Br)cnc2N)c1. The number of ether oxygens (including phenoxy) is 1. The smallest absolute Gasteiger partial charge is 0.338 e. The van der Waals surface area contributed by atoms with Gasteiger partial charge in [-0.3, -0.25) is 4.72 Å². The molecule has 0 spiro atoms. The number of nitrogens with two attached hydrogens (primary N) is 1. The van der Waals surface area contributed by atoms with Crippen LogP contribution in [0.5, 0.6) is 0 Å². The van der Waals surface area contributed by atoms with E-state index in [0.29, 0.717) is 4.47 Å². The van der Waals surface area contributed by atoms with Crippen molar-refractivity contribution in [3.05, 3.63) is 46.6 Å². The van der Waals surface area contributed by atoms with E-state index in [2.05, 4.69) is 25.6 Å². The lowest BCUT2D eigenvalue weighted by Gasteiger charge is -2.11. The molecule has 0 fully saturated rings. The molecule has 1 heterocycles. The fourth-order valence-electron chi connectivity index (χ4n) is 1.78. The van der Waals surface area contributed by atoms with Crippen LogP contribution in [0.2, 0.25) is 0 Å². The van der Waals surface area contributed by atoms with Crippen molar-refractivity contribution in [2.45, 2.75) is 11.8 Å². The zero-order chi connectivity index (χ0) is 17.0. The molecule has 3 N–H and O–H groups in total. The van der Waals surface area contributed by atoms with Crippen molar-refractivity contribution in [2.75, 3.05) is 17.1 Å². The maximum Gasteiger partial charge on any atom is 0.338 e. The number of carbonyl (C=O) groups is 1. The molecule has 2 aromatic rings. The maximum atomic E-state index is 12.4. The minimum Gasteiger partial charge on any atom is -0.462 e. The molecule has 122 valence electrons. The monoisotopic (exact) mass is 399 g/mol. The van der Waals surface area contributed by atoms with Gasteiger partial charge in [0.25, 0.3) is 10.0 Å². The summed E-state index contributed by atoms with van der Waals surface area (Å²) in [6.07, 6.45) is 1.40. The van der Waals surface area contributed by atoms with Crippen molar-refractivity contribution in [2.24, 2.45) is 0 Å². The van der Waals surface area contributed by atoms with Gasteiger partial charge in [0.15, 0.2) is 0 Å². The maximum absolute atomic E-state index is 12.4. The lowest BCUT2D eigenvalue weighted by molar-refractivity contribution is 0.0526. The van der Waals surface area contributed by atoms with E-state index in [-0.39, 0.29) is 28.6 Å². The highest BCUT2D eigenvalue weighted by atomic mass is 79.9. The fourth-order valence-corrected chi connectivity index (χ4v) is 3.42. The van der Waals surface area contributed by atoms with Crippen LogP contribution in [-0.4, -0.2) is 26.0 Å². The quantitative estimate of drug-likeness (QED) is 0.746. The summed E-state index contributed by atoms with van der Waals surface area (Å²) in [6, 6.07) is 7.33. The standard InChI is InChI=1S/C14H14BrN3O4S/c1-2-22-14(19)9-4-3-5-11(6-9)18-23(20,21)12-7-10(15)8-17-13(12)16/h3-8,18H,2H2,1H3,(H2,16,17). The van der Waals surface area contributed by atoms with Crippen molar-refractivity contribution in [1.29, 1.82) is 0 Å². The molecule has 0 aliphatic heterocycles. The summed E-state index contributed by atoms with van der Waals surface area (Å²) in [4.78, 5) is 15.3. The van der Waals surface area contributed by atoms with E-state index in [0.717, 1.165) is 0 Å². The number of nitrogens with one attached hydrogen (secondary N) is 1. The molecule has 0 atom stereocenters. The van der Waals surface area contributed by atoms with Gasteiger partial charge in [-0.05, 0) is 47.1 Å². The number of nitrogens with zero attached hydrogens (tertiary/aromatic N) is 1. The summed E-state index contributed by atoms with van der Waals surface area (Å²) in [5, 5.41) is 0. The van der Waals surface area contributed by atoms with Gasteiger partial charge < -0.3 is 10.5 Å². The first-order chi connectivity index (χ1) is 10.8. The fraction of sp³-hybridized carbons (Fsp3) is 0.143. The third-order valence-corrected chi connectivity index (χ3v) is 4.61. The number of rotatable bonds is 5. The topological polar surface area (TPSA) is 111 Å². The minimum absolute atomic E-state index is 0.123. The lowest BCUT2D eigenvalue weighted by atomic mass is 10.2. The summed E-state index contributed by atoms with van der Waals surface area (Å²) in [6.45, 7) is 1.92. The van der Waals surface area contributed by atoms with E-state index in [9.17, 15) is 13.2 Å². The Morgan fingerprint density at radius 2 is 2.13 bits per heavy atom. The minimum atomic E-state index is -3.94. The van der Waals surface area contributed by atoms with Crippen LogP contribution in [0.15, 0.2) is 45.9 Å². The van der Waals surface area contributed by atoms with Gasteiger partial charge >= 0.3 is 5.97 Å². The molecule has 0 aliphatic carbocycles. The molecule has 2 rings (SSSR count). The molecule has 0 aliphatic rings. The molecule has 23 heavy (non-hydrogen) atoms. The molecule has 0 saturated heterocycles. The molecule has 0 radical (unpaired) electrons. The number of sulfonamides is 1. The number of anilines is 2. The van der Waals surface area contributed by atoms with Crippen LogP contribution in [-0.2, 0) is 14.8 Å². The first-order valence-electron chi connectivity index (χ1n) is 6.54. The van der Waals surface area contributed by atoms with Crippen molar-refractivity contribution < 1.29 is 17.9 Å². The van der Waals surface area contributed by atoms with Crippen LogP contribution in [0.1, 0.15) is 17.3 Å². The van der Waals surface area contributed by atoms with Crippen molar-refractivity contribution >= 4 is 43.4 Å². The third kappa shape index (κ3) is 4.20. The van der Waals surface area contributed by atoms with Gasteiger partial charge in [-0.25, -0.2) is 18.2 Å². The highest BCUT2D eigenvalue weighted by Gasteiger charge is 2.19. The number of pyridine rings is 1. The molecule has 1 aromatic heterocycles. The Labute approximate surface area is 142 Å². The first kappa shape index (κ1) is 17.2. The van der Waals surface area contributed by atoms with Crippen LogP contribution in [0, 0.1) is 0 Å². The Balaban J connectivity index is 2.32. The van der Waals surface area contributed by atoms with Gasteiger partial charge in [0, 0.05) is 16.4 Å². The molecule has 9 heteroatoms. The summed E-state index contributed by atoms with van der Waals surface area (Å²) in [7, 11) is -3.94. The summed E-state index contributed by atoms with van der Waals surface area (Å²) in [5.41, 5.74) is 6.08. The number of aromatic nitrogens is 1. The average molecular weight is 400 g/mol. The normalized spacial score (nSPS) is 11.0. The Morgan fingerprint density at radius 3 is 2.83 bits per heavy atom. The largest absolute Gasteiger partial charge is 0.462 e. The van der Waals surface area contributed by atoms with Gasteiger partial charge in [0.2, 0.25) is 0 Å². The summed E-state index contributed by atoms with van der Waals surface area (Å²) in [5.74, 6) is -0.653. The second-order valence-corrected chi connectivity index (χ2v) is 7.01. The number of nitrogen functional groups attached to an aromatic ring is 1. The molecule has 0 amide bonds. The van der Waals surface area contributed by atoms with Crippen molar-refractivity contribution in [3.8, 4) is 0 Å². The number of carbonyl (C=O) groups excluding carboxylic acids is 1. The molecular weight excluding hydrogens is 386 g/mol. The zero-order valence-corrected chi connectivity index (χ0v) is 14.5. The number of hydrogen-bond acceptors (Lipinski definition) is 6. The van der Waals surface area contributed by atoms with Gasteiger partial charge in [-0.2, -0.15) is 0 Å². The van der Waals surface area contributed by atoms with E-state index in [1.165, 1.54) is 30.5 Å². The third-order valence-electron chi connectivity index (χ3n) is 2.76. The van der Waals surface area contributed by atoms with Crippen molar-refractivity contribution in [3.63, 3.8) is 0 Å². The van der Waals surface area contributed by atoms with Gasteiger partial charge in [0.1, 0.15) is 10.7 Å². The van der Waals surface area contributed by atoms with Crippen molar-refractivity contribution in [1.82, 2.24) is 4.98 Å². The van der Waals surface area contributed by atoms with Crippen LogP contribution < -0.4 is 10.5 Å².